The van der Waals surface area contributed by atoms with Crippen LogP contribution in [0, 0.1) is 0 Å². The van der Waals surface area contributed by atoms with Crippen LogP contribution in [0.25, 0.3) is 5.76 Å². The maximum atomic E-state index is 11.3. The van der Waals surface area contributed by atoms with Crippen molar-refractivity contribution in [1.29, 1.82) is 0 Å². The van der Waals surface area contributed by atoms with E-state index in [-0.39, 0.29) is 18.1 Å². The van der Waals surface area contributed by atoms with E-state index in [0.29, 0.717) is 18.2 Å². The van der Waals surface area contributed by atoms with Crippen LogP contribution >= 0.6 is 0 Å². The normalized spacial score (nSPS) is 16.9. The van der Waals surface area contributed by atoms with Gasteiger partial charge in [0.1, 0.15) is 5.69 Å². The minimum Gasteiger partial charge on any atom is -0.482 e. The highest BCUT2D eigenvalue weighted by Crippen LogP contribution is 2.37. The van der Waals surface area contributed by atoms with Crippen LogP contribution in [0.4, 0.5) is 0 Å². The summed E-state index contributed by atoms with van der Waals surface area (Å²) in [6.07, 6.45) is 1.89. The molecule has 5 nitrogen and oxygen atoms in total. The summed E-state index contributed by atoms with van der Waals surface area (Å²) in [4.78, 5) is 22.3. The monoisotopic (exact) mass is 262 g/mol. The molecule has 1 atom stereocenters. The average molecular weight is 262 g/mol. The molecule has 1 unspecified atom stereocenters. The van der Waals surface area contributed by atoms with Crippen molar-refractivity contribution >= 4 is 17.5 Å². The molecule has 1 aliphatic rings. The Labute approximate surface area is 112 Å². The van der Waals surface area contributed by atoms with E-state index in [1.54, 1.807) is 4.68 Å². The van der Waals surface area contributed by atoms with Gasteiger partial charge in [0.2, 0.25) is 5.76 Å². The molecule has 0 saturated carbocycles. The van der Waals surface area contributed by atoms with Crippen LogP contribution in [-0.4, -0.2) is 28.1 Å². The number of aromatic nitrogens is 2. The van der Waals surface area contributed by atoms with Gasteiger partial charge >= 0.3 is 0 Å². The SMILES string of the molecule is CCOC(=C=O)c1nn(CC(C)=O)c2c1C(C)CC2. The van der Waals surface area contributed by atoms with E-state index in [1.807, 2.05) is 12.9 Å². The average Bonchev–Trinajstić information content (AvgIpc) is 2.89. The van der Waals surface area contributed by atoms with Gasteiger partial charge in [-0.05, 0) is 32.6 Å². The van der Waals surface area contributed by atoms with Crippen molar-refractivity contribution in [2.24, 2.45) is 0 Å². The lowest BCUT2D eigenvalue weighted by Crippen LogP contribution is -2.11. The Morgan fingerprint density at radius 3 is 2.89 bits per heavy atom. The van der Waals surface area contributed by atoms with E-state index < -0.39 is 0 Å². The van der Waals surface area contributed by atoms with Crippen molar-refractivity contribution in [2.75, 3.05) is 6.61 Å². The van der Waals surface area contributed by atoms with Crippen LogP contribution in [0.5, 0.6) is 0 Å². The minimum absolute atomic E-state index is 0.0458. The number of hydrogen-bond donors (Lipinski definition) is 0. The predicted molar refractivity (Wildman–Crippen MR) is 70.4 cm³/mol. The Balaban J connectivity index is 2.50. The third-order valence-corrected chi connectivity index (χ3v) is 3.37. The Kier molecular flexibility index (Phi) is 3.86. The van der Waals surface area contributed by atoms with Gasteiger partial charge in [-0.15, -0.1) is 0 Å². The summed E-state index contributed by atoms with van der Waals surface area (Å²) in [6.45, 7) is 6.09. The highest BCUT2D eigenvalue weighted by atomic mass is 16.5. The van der Waals surface area contributed by atoms with Gasteiger partial charge in [0.05, 0.1) is 13.2 Å². The summed E-state index contributed by atoms with van der Waals surface area (Å²) in [7, 11) is 0. The molecule has 0 spiro atoms. The van der Waals surface area contributed by atoms with E-state index in [9.17, 15) is 9.59 Å². The summed E-state index contributed by atoms with van der Waals surface area (Å²) in [5, 5.41) is 4.38. The lowest BCUT2D eigenvalue weighted by molar-refractivity contribution is -0.117. The molecule has 0 N–H and O–H groups in total. The third kappa shape index (κ3) is 2.47. The highest BCUT2D eigenvalue weighted by Gasteiger charge is 2.30. The summed E-state index contributed by atoms with van der Waals surface area (Å²) in [5.74, 6) is 2.34. The van der Waals surface area contributed by atoms with Crippen molar-refractivity contribution in [3.63, 3.8) is 0 Å². The fourth-order valence-electron chi connectivity index (χ4n) is 2.59. The Hall–Kier alpha value is -1.87. The molecule has 0 bridgehead atoms. The molecule has 1 aromatic rings. The van der Waals surface area contributed by atoms with Crippen LogP contribution in [0.2, 0.25) is 0 Å². The molecule has 1 aromatic heterocycles. The van der Waals surface area contributed by atoms with Crippen LogP contribution in [-0.2, 0) is 27.3 Å². The van der Waals surface area contributed by atoms with Gasteiger partial charge in [-0.2, -0.15) is 5.10 Å². The molecule has 0 fully saturated rings. The first-order valence-electron chi connectivity index (χ1n) is 6.55. The van der Waals surface area contributed by atoms with Crippen molar-refractivity contribution < 1.29 is 14.3 Å². The van der Waals surface area contributed by atoms with Gasteiger partial charge in [-0.3, -0.25) is 9.48 Å². The maximum absolute atomic E-state index is 11.3. The molecule has 0 aliphatic heterocycles. The molecule has 102 valence electrons. The summed E-state index contributed by atoms with van der Waals surface area (Å²) >= 11 is 0. The first-order chi connectivity index (χ1) is 9.08. The van der Waals surface area contributed by atoms with Crippen molar-refractivity contribution in [3.8, 4) is 0 Å². The first kappa shape index (κ1) is 13.6. The fraction of sp³-hybridized carbons (Fsp3) is 0.571. The Morgan fingerprint density at radius 1 is 1.58 bits per heavy atom. The number of carbonyl (C=O) groups is 1. The molecule has 1 aliphatic carbocycles. The molecule has 0 saturated heterocycles. The highest BCUT2D eigenvalue weighted by molar-refractivity contribution is 5.83. The lowest BCUT2D eigenvalue weighted by atomic mass is 10.0. The van der Waals surface area contributed by atoms with E-state index in [2.05, 4.69) is 12.0 Å². The minimum atomic E-state index is 0.0458. The van der Waals surface area contributed by atoms with E-state index >= 15 is 0 Å². The topological polar surface area (TPSA) is 61.2 Å². The second-order valence-corrected chi connectivity index (χ2v) is 4.87. The molecular formula is C14H18N2O3. The number of hydrogen-bond acceptors (Lipinski definition) is 4. The van der Waals surface area contributed by atoms with Gasteiger partial charge in [0, 0.05) is 11.3 Å². The largest absolute Gasteiger partial charge is 0.482 e. The lowest BCUT2D eigenvalue weighted by Gasteiger charge is -2.06. The number of ether oxygens (including phenoxy) is 1. The van der Waals surface area contributed by atoms with Gasteiger partial charge in [0.25, 0.3) is 0 Å². The van der Waals surface area contributed by atoms with Crippen LogP contribution < -0.4 is 0 Å². The summed E-state index contributed by atoms with van der Waals surface area (Å²) < 4.78 is 7.00. The summed E-state index contributed by atoms with van der Waals surface area (Å²) in [5.41, 5.74) is 2.64. The molecule has 5 heteroatoms. The molecule has 0 aromatic carbocycles. The second-order valence-electron chi connectivity index (χ2n) is 4.87. The van der Waals surface area contributed by atoms with Crippen molar-refractivity contribution in [1.82, 2.24) is 9.78 Å². The molecule has 19 heavy (non-hydrogen) atoms. The van der Waals surface area contributed by atoms with Gasteiger partial charge in [0.15, 0.2) is 11.7 Å². The van der Waals surface area contributed by atoms with E-state index in [1.165, 1.54) is 6.92 Å². The number of carbonyl (C=O) groups excluding carboxylic acids is 2. The van der Waals surface area contributed by atoms with E-state index in [4.69, 9.17) is 4.74 Å². The number of fused-ring (bicyclic) bond motifs is 1. The second kappa shape index (κ2) is 5.41. The maximum Gasteiger partial charge on any atom is 0.232 e. The number of ketones is 1. The first-order valence-corrected chi connectivity index (χ1v) is 6.55. The van der Waals surface area contributed by atoms with Crippen LogP contribution in [0.1, 0.15) is 50.1 Å². The summed E-state index contributed by atoms with van der Waals surface area (Å²) in [6, 6.07) is 0. The smallest absolute Gasteiger partial charge is 0.232 e. The molecular weight excluding hydrogens is 244 g/mol. The Bertz CT molecular complexity index is 553. The molecule has 2 rings (SSSR count). The standard InChI is InChI=1S/C14H18N2O3/c1-4-19-12(8-17)14-13-9(2)5-6-11(13)16(15-14)7-10(3)18/h9H,4-7H2,1-3H3. The number of rotatable bonds is 5. The van der Waals surface area contributed by atoms with Gasteiger partial charge in [-0.1, -0.05) is 6.92 Å². The van der Waals surface area contributed by atoms with Gasteiger partial charge in [-0.25, -0.2) is 4.79 Å². The zero-order chi connectivity index (χ0) is 14.0. The number of nitrogens with zero attached hydrogens (tertiary/aromatic N) is 2. The molecule has 0 radical (unpaired) electrons. The fourth-order valence-corrected chi connectivity index (χ4v) is 2.59. The zero-order valence-corrected chi connectivity index (χ0v) is 11.5. The van der Waals surface area contributed by atoms with Crippen LogP contribution in [0.15, 0.2) is 0 Å². The van der Waals surface area contributed by atoms with Gasteiger partial charge < -0.3 is 4.74 Å². The van der Waals surface area contributed by atoms with Crippen molar-refractivity contribution in [2.45, 2.75) is 46.1 Å². The Morgan fingerprint density at radius 2 is 2.32 bits per heavy atom. The van der Waals surface area contributed by atoms with Crippen molar-refractivity contribution in [3.05, 3.63) is 17.0 Å². The number of Topliss-reactive ketones (excluding diaryl/α,β-unsaturated/α-hetero) is 1. The van der Waals surface area contributed by atoms with Crippen LogP contribution in [0.3, 0.4) is 0 Å². The molecule has 0 amide bonds. The predicted octanol–water partition coefficient (Wildman–Crippen LogP) is 1.73. The van der Waals surface area contributed by atoms with E-state index in [0.717, 1.165) is 24.1 Å². The molecule has 1 heterocycles. The third-order valence-electron chi connectivity index (χ3n) is 3.37. The quantitative estimate of drug-likeness (QED) is 0.599. The zero-order valence-electron chi connectivity index (χ0n) is 11.5.